The number of carbonyl (C=O) groups is 3. The highest BCUT2D eigenvalue weighted by Crippen LogP contribution is 2.36. The SMILES string of the molecule is CNC(=O)C(O)(CCC=O)N1Cc2c(OCc3cc(CN4CCOCC4)ccc3F)cccc2C1=O. The minimum atomic E-state index is -2.19. The van der Waals surface area contributed by atoms with E-state index < -0.39 is 23.4 Å². The van der Waals surface area contributed by atoms with Crippen molar-refractivity contribution in [2.75, 3.05) is 33.4 Å². The first-order valence-electron chi connectivity index (χ1n) is 11.9. The molecular weight excluding hydrogens is 469 g/mol. The van der Waals surface area contributed by atoms with Crippen LogP contribution in [-0.4, -0.2) is 72.1 Å². The lowest BCUT2D eigenvalue weighted by Gasteiger charge is -2.34. The number of aldehydes is 1. The van der Waals surface area contributed by atoms with Gasteiger partial charge in [0.2, 0.25) is 5.72 Å². The van der Waals surface area contributed by atoms with Gasteiger partial charge in [-0.3, -0.25) is 19.4 Å². The van der Waals surface area contributed by atoms with E-state index in [-0.39, 0.29) is 31.6 Å². The molecule has 10 heteroatoms. The number of rotatable bonds is 10. The molecular formula is C26H30FN3O6. The van der Waals surface area contributed by atoms with Crippen LogP contribution in [-0.2, 0) is 34.0 Å². The molecule has 0 radical (unpaired) electrons. The van der Waals surface area contributed by atoms with Gasteiger partial charge in [0.25, 0.3) is 11.8 Å². The second kappa shape index (κ2) is 11.2. The average Bonchev–Trinajstić information content (AvgIpc) is 3.25. The van der Waals surface area contributed by atoms with Gasteiger partial charge >= 0.3 is 0 Å². The fourth-order valence-electron chi connectivity index (χ4n) is 4.58. The third kappa shape index (κ3) is 5.25. The van der Waals surface area contributed by atoms with E-state index in [2.05, 4.69) is 10.2 Å². The fourth-order valence-corrected chi connectivity index (χ4v) is 4.58. The van der Waals surface area contributed by atoms with Crippen molar-refractivity contribution in [3.63, 3.8) is 0 Å². The van der Waals surface area contributed by atoms with Crippen molar-refractivity contribution >= 4 is 18.1 Å². The molecule has 2 heterocycles. The van der Waals surface area contributed by atoms with Gasteiger partial charge in [-0.1, -0.05) is 12.1 Å². The van der Waals surface area contributed by atoms with Gasteiger partial charge in [0.1, 0.15) is 24.5 Å². The summed E-state index contributed by atoms with van der Waals surface area (Å²) < 4.78 is 25.9. The van der Waals surface area contributed by atoms with Crippen molar-refractivity contribution in [3.8, 4) is 5.75 Å². The molecule has 0 aromatic heterocycles. The van der Waals surface area contributed by atoms with Gasteiger partial charge in [0.15, 0.2) is 0 Å². The smallest absolute Gasteiger partial charge is 0.273 e. The second-order valence-electron chi connectivity index (χ2n) is 8.88. The number of ether oxygens (including phenoxy) is 2. The van der Waals surface area contributed by atoms with Crippen LogP contribution in [0, 0.1) is 5.82 Å². The van der Waals surface area contributed by atoms with Crippen LogP contribution >= 0.6 is 0 Å². The maximum atomic E-state index is 14.6. The predicted octanol–water partition coefficient (Wildman–Crippen LogP) is 1.61. The molecule has 2 aliphatic heterocycles. The van der Waals surface area contributed by atoms with Crippen LogP contribution in [0.4, 0.5) is 4.39 Å². The first-order chi connectivity index (χ1) is 17.4. The lowest BCUT2D eigenvalue weighted by molar-refractivity contribution is -0.159. The first-order valence-corrected chi connectivity index (χ1v) is 11.9. The van der Waals surface area contributed by atoms with Crippen LogP contribution in [0.15, 0.2) is 36.4 Å². The standard InChI is InChI=1S/C26H30FN3O6/c1-28-25(33)26(34,8-3-11-31)30-16-21-20(24(30)32)4-2-5-23(21)36-17-19-14-18(6-7-22(19)27)15-29-9-12-35-13-10-29/h2,4-7,11,14,34H,3,8-10,12-13,15-17H2,1H3,(H,28,33). The topological polar surface area (TPSA) is 108 Å². The summed E-state index contributed by atoms with van der Waals surface area (Å²) >= 11 is 0. The summed E-state index contributed by atoms with van der Waals surface area (Å²) in [5, 5.41) is 13.4. The van der Waals surface area contributed by atoms with E-state index in [0.717, 1.165) is 23.6 Å². The number of benzene rings is 2. The number of hydrogen-bond acceptors (Lipinski definition) is 7. The third-order valence-electron chi connectivity index (χ3n) is 6.58. The van der Waals surface area contributed by atoms with Gasteiger partial charge in [-0.05, 0) is 29.8 Å². The number of nitrogens with one attached hydrogen (secondary N) is 1. The van der Waals surface area contributed by atoms with Crippen molar-refractivity contribution < 1.29 is 33.4 Å². The molecule has 192 valence electrons. The predicted molar refractivity (Wildman–Crippen MR) is 127 cm³/mol. The Bertz CT molecular complexity index is 1140. The van der Waals surface area contributed by atoms with Crippen molar-refractivity contribution in [2.45, 2.75) is 38.3 Å². The van der Waals surface area contributed by atoms with Crippen LogP contribution in [0.5, 0.6) is 5.75 Å². The normalized spacial score (nSPS) is 17.4. The molecule has 0 spiro atoms. The van der Waals surface area contributed by atoms with Crippen LogP contribution in [0.25, 0.3) is 0 Å². The van der Waals surface area contributed by atoms with Gasteiger partial charge in [-0.25, -0.2) is 4.39 Å². The van der Waals surface area contributed by atoms with Gasteiger partial charge < -0.3 is 24.7 Å². The van der Waals surface area contributed by atoms with Crippen LogP contribution in [0.3, 0.4) is 0 Å². The van der Waals surface area contributed by atoms with Gasteiger partial charge in [0.05, 0.1) is 19.8 Å². The lowest BCUT2D eigenvalue weighted by Crippen LogP contribution is -2.58. The summed E-state index contributed by atoms with van der Waals surface area (Å²) in [6.45, 7) is 3.52. The molecule has 9 nitrogen and oxygen atoms in total. The molecule has 36 heavy (non-hydrogen) atoms. The van der Waals surface area contributed by atoms with E-state index in [0.29, 0.717) is 42.9 Å². The average molecular weight is 500 g/mol. The van der Waals surface area contributed by atoms with E-state index in [1.54, 1.807) is 30.3 Å². The molecule has 2 aromatic rings. The summed E-state index contributed by atoms with van der Waals surface area (Å²) in [6, 6.07) is 9.82. The molecule has 1 atom stereocenters. The number of amides is 2. The quantitative estimate of drug-likeness (QED) is 0.478. The molecule has 1 saturated heterocycles. The molecule has 0 aliphatic carbocycles. The van der Waals surface area contributed by atoms with Crippen molar-refractivity contribution in [2.24, 2.45) is 0 Å². The minimum absolute atomic E-state index is 0.0573. The third-order valence-corrected chi connectivity index (χ3v) is 6.58. The van der Waals surface area contributed by atoms with E-state index in [1.807, 2.05) is 0 Å². The Morgan fingerprint density at radius 3 is 2.78 bits per heavy atom. The molecule has 4 rings (SSSR count). The highest BCUT2D eigenvalue weighted by Gasteiger charge is 2.48. The highest BCUT2D eigenvalue weighted by atomic mass is 19.1. The Balaban J connectivity index is 1.51. The van der Waals surface area contributed by atoms with Gasteiger partial charge in [-0.2, -0.15) is 0 Å². The molecule has 0 saturated carbocycles. The van der Waals surface area contributed by atoms with Crippen LogP contribution in [0.2, 0.25) is 0 Å². The number of fused-ring (bicyclic) bond motifs is 1. The van der Waals surface area contributed by atoms with Gasteiger partial charge in [-0.15, -0.1) is 0 Å². The Labute approximate surface area is 208 Å². The summed E-state index contributed by atoms with van der Waals surface area (Å²) in [5.41, 5.74) is -0.0822. The molecule has 0 bridgehead atoms. The Morgan fingerprint density at radius 1 is 1.28 bits per heavy atom. The van der Waals surface area contributed by atoms with Crippen molar-refractivity contribution in [3.05, 3.63) is 64.5 Å². The lowest BCUT2D eigenvalue weighted by atomic mass is 10.0. The number of hydrogen-bond donors (Lipinski definition) is 2. The van der Waals surface area contributed by atoms with E-state index in [1.165, 1.54) is 13.1 Å². The zero-order valence-corrected chi connectivity index (χ0v) is 20.2. The number of aliphatic hydroxyl groups is 1. The fraction of sp³-hybridized carbons (Fsp3) is 0.423. The maximum absolute atomic E-state index is 14.6. The van der Waals surface area contributed by atoms with Crippen LogP contribution in [0.1, 0.15) is 39.9 Å². The number of nitrogens with zero attached hydrogens (tertiary/aromatic N) is 2. The zero-order valence-electron chi connectivity index (χ0n) is 20.2. The highest BCUT2D eigenvalue weighted by molar-refractivity contribution is 6.02. The summed E-state index contributed by atoms with van der Waals surface area (Å²) in [4.78, 5) is 39.8. The molecule has 1 unspecified atom stereocenters. The molecule has 2 amide bonds. The molecule has 1 fully saturated rings. The molecule has 2 N–H and O–H groups in total. The van der Waals surface area contributed by atoms with E-state index in [9.17, 15) is 23.9 Å². The number of likely N-dealkylation sites (N-methyl/N-ethyl adjacent to an activating group) is 1. The molecule has 2 aliphatic rings. The Morgan fingerprint density at radius 2 is 2.06 bits per heavy atom. The van der Waals surface area contributed by atoms with Gasteiger partial charge in [0, 0.05) is 56.2 Å². The van der Waals surface area contributed by atoms with Crippen LogP contribution < -0.4 is 10.1 Å². The minimum Gasteiger partial charge on any atom is -0.488 e. The summed E-state index contributed by atoms with van der Waals surface area (Å²) in [6.07, 6.45) is 0.235. The first kappa shape index (κ1) is 25.7. The van der Waals surface area contributed by atoms with Crippen molar-refractivity contribution in [1.29, 1.82) is 0 Å². The van der Waals surface area contributed by atoms with Crippen molar-refractivity contribution in [1.82, 2.24) is 15.1 Å². The molecule has 2 aromatic carbocycles. The number of carbonyl (C=O) groups excluding carboxylic acids is 3. The monoisotopic (exact) mass is 499 g/mol. The van der Waals surface area contributed by atoms with E-state index >= 15 is 0 Å². The number of morpholine rings is 1. The van der Waals surface area contributed by atoms with E-state index in [4.69, 9.17) is 9.47 Å². The summed E-state index contributed by atoms with van der Waals surface area (Å²) in [7, 11) is 1.35. The Hall–Kier alpha value is -3.34. The largest absolute Gasteiger partial charge is 0.488 e. The summed E-state index contributed by atoms with van der Waals surface area (Å²) in [5.74, 6) is -1.37. The zero-order chi connectivity index (χ0) is 25.7. The number of halogens is 1. The second-order valence-corrected chi connectivity index (χ2v) is 8.88. The maximum Gasteiger partial charge on any atom is 0.273 e. The Kier molecular flexibility index (Phi) is 7.97.